The van der Waals surface area contributed by atoms with Crippen molar-refractivity contribution >= 4 is 0 Å². The maximum Gasteiger partial charge on any atom is 0.223 e. The topological polar surface area (TPSA) is 61.0 Å². The molecule has 0 radical (unpaired) electrons. The number of hydrogen-bond donors (Lipinski definition) is 1. The lowest BCUT2D eigenvalue weighted by Crippen LogP contribution is -2.01. The van der Waals surface area contributed by atoms with Gasteiger partial charge in [0.2, 0.25) is 5.88 Å². The molecule has 4 heteroatoms. The van der Waals surface area contributed by atoms with Crippen molar-refractivity contribution in [1.29, 1.82) is 0 Å². The van der Waals surface area contributed by atoms with Gasteiger partial charge in [-0.25, -0.2) is 4.98 Å². The van der Waals surface area contributed by atoms with E-state index in [4.69, 9.17) is 10.5 Å². The Hall–Kier alpha value is -2.72. The summed E-state index contributed by atoms with van der Waals surface area (Å²) in [4.78, 5) is 8.83. The van der Waals surface area contributed by atoms with E-state index in [9.17, 15) is 0 Å². The first kappa shape index (κ1) is 14.2. The molecule has 0 spiro atoms. The van der Waals surface area contributed by atoms with Crippen LogP contribution in [0.25, 0.3) is 11.3 Å². The first-order valence-electron chi connectivity index (χ1n) is 7.13. The Morgan fingerprint density at radius 3 is 2.45 bits per heavy atom. The summed E-state index contributed by atoms with van der Waals surface area (Å²) >= 11 is 0. The van der Waals surface area contributed by atoms with Gasteiger partial charge in [-0.1, -0.05) is 48.5 Å². The van der Waals surface area contributed by atoms with Gasteiger partial charge in [-0.05, 0) is 13.0 Å². The molecule has 3 rings (SSSR count). The monoisotopic (exact) mass is 291 g/mol. The smallest absolute Gasteiger partial charge is 0.223 e. The number of ether oxygens (including phenoxy) is 1. The molecule has 3 aromatic rings. The van der Waals surface area contributed by atoms with Crippen molar-refractivity contribution in [3.05, 3.63) is 72.1 Å². The lowest BCUT2D eigenvalue weighted by atomic mass is 10.1. The van der Waals surface area contributed by atoms with E-state index in [0.29, 0.717) is 18.2 Å². The van der Waals surface area contributed by atoms with Gasteiger partial charge in [0.05, 0.1) is 5.69 Å². The van der Waals surface area contributed by atoms with Gasteiger partial charge in [-0.2, -0.15) is 4.98 Å². The fourth-order valence-corrected chi connectivity index (χ4v) is 2.23. The highest BCUT2D eigenvalue weighted by atomic mass is 16.5. The molecular weight excluding hydrogens is 274 g/mol. The Labute approximate surface area is 129 Å². The molecule has 2 aromatic carbocycles. The van der Waals surface area contributed by atoms with Crippen LogP contribution in [0.3, 0.4) is 0 Å². The molecule has 0 aliphatic rings. The van der Waals surface area contributed by atoms with Crippen LogP contribution in [0, 0.1) is 6.92 Å². The van der Waals surface area contributed by atoms with Gasteiger partial charge in [0.1, 0.15) is 11.6 Å². The zero-order valence-corrected chi connectivity index (χ0v) is 12.4. The fourth-order valence-electron chi connectivity index (χ4n) is 2.23. The van der Waals surface area contributed by atoms with Crippen molar-refractivity contribution in [2.75, 3.05) is 0 Å². The van der Waals surface area contributed by atoms with E-state index >= 15 is 0 Å². The van der Waals surface area contributed by atoms with Gasteiger partial charge < -0.3 is 10.5 Å². The molecular formula is C18H17N3O. The molecule has 0 amide bonds. The van der Waals surface area contributed by atoms with Gasteiger partial charge in [-0.15, -0.1) is 0 Å². The molecule has 0 aliphatic carbocycles. The van der Waals surface area contributed by atoms with Crippen LogP contribution in [0.15, 0.2) is 60.7 Å². The molecule has 0 saturated heterocycles. The Balaban J connectivity index is 1.96. The molecule has 0 atom stereocenters. The molecule has 0 saturated carbocycles. The summed E-state index contributed by atoms with van der Waals surface area (Å²) in [6.07, 6.45) is 0. The minimum atomic E-state index is 0.422. The maximum absolute atomic E-state index is 5.91. The van der Waals surface area contributed by atoms with Crippen molar-refractivity contribution in [2.24, 2.45) is 5.73 Å². The molecule has 2 N–H and O–H groups in total. The number of nitrogens with zero attached hydrogens (tertiary/aromatic N) is 2. The zero-order chi connectivity index (χ0) is 15.4. The minimum Gasteiger partial charge on any atom is -0.439 e. The number of nitrogens with two attached hydrogens (primary N) is 1. The van der Waals surface area contributed by atoms with E-state index in [-0.39, 0.29) is 0 Å². The van der Waals surface area contributed by atoms with Crippen molar-refractivity contribution < 1.29 is 4.74 Å². The number of aromatic nitrogens is 2. The van der Waals surface area contributed by atoms with E-state index in [0.717, 1.165) is 22.6 Å². The fraction of sp³-hybridized carbons (Fsp3) is 0.111. The van der Waals surface area contributed by atoms with Gasteiger partial charge >= 0.3 is 0 Å². The Kier molecular flexibility index (Phi) is 4.12. The second-order valence-corrected chi connectivity index (χ2v) is 4.92. The molecule has 22 heavy (non-hydrogen) atoms. The first-order chi connectivity index (χ1) is 10.8. The SMILES string of the molecule is Cc1nc(Oc2ccccc2CN)cc(-c2ccccc2)n1. The molecule has 0 fully saturated rings. The largest absolute Gasteiger partial charge is 0.439 e. The van der Waals surface area contributed by atoms with E-state index in [1.54, 1.807) is 0 Å². The summed E-state index contributed by atoms with van der Waals surface area (Å²) in [5, 5.41) is 0. The molecule has 4 nitrogen and oxygen atoms in total. The molecule has 0 unspecified atom stereocenters. The normalized spacial score (nSPS) is 10.5. The van der Waals surface area contributed by atoms with Crippen LogP contribution >= 0.6 is 0 Å². The van der Waals surface area contributed by atoms with Crippen LogP contribution in [0.4, 0.5) is 0 Å². The van der Waals surface area contributed by atoms with Gasteiger partial charge in [0, 0.05) is 23.7 Å². The zero-order valence-electron chi connectivity index (χ0n) is 12.4. The van der Waals surface area contributed by atoms with Crippen LogP contribution in [-0.2, 0) is 6.54 Å². The molecule has 1 heterocycles. The van der Waals surface area contributed by atoms with Crippen molar-refractivity contribution in [2.45, 2.75) is 13.5 Å². The van der Waals surface area contributed by atoms with Crippen LogP contribution in [0.5, 0.6) is 11.6 Å². The van der Waals surface area contributed by atoms with E-state index in [2.05, 4.69) is 9.97 Å². The second-order valence-electron chi connectivity index (χ2n) is 4.92. The minimum absolute atomic E-state index is 0.422. The lowest BCUT2D eigenvalue weighted by Gasteiger charge is -2.10. The van der Waals surface area contributed by atoms with Gasteiger partial charge in [-0.3, -0.25) is 0 Å². The first-order valence-corrected chi connectivity index (χ1v) is 7.13. The van der Waals surface area contributed by atoms with Crippen LogP contribution in [0.1, 0.15) is 11.4 Å². The average Bonchev–Trinajstić information content (AvgIpc) is 2.56. The predicted molar refractivity (Wildman–Crippen MR) is 86.6 cm³/mol. The summed E-state index contributed by atoms with van der Waals surface area (Å²) in [7, 11) is 0. The highest BCUT2D eigenvalue weighted by Gasteiger charge is 2.08. The van der Waals surface area contributed by atoms with Crippen LogP contribution < -0.4 is 10.5 Å². The Morgan fingerprint density at radius 1 is 0.955 bits per heavy atom. The van der Waals surface area contributed by atoms with E-state index in [1.165, 1.54) is 0 Å². The molecule has 110 valence electrons. The molecule has 1 aromatic heterocycles. The molecule has 0 aliphatic heterocycles. The molecule has 0 bridgehead atoms. The lowest BCUT2D eigenvalue weighted by molar-refractivity contribution is 0.454. The third-order valence-corrected chi connectivity index (χ3v) is 3.29. The number of aryl methyl sites for hydroxylation is 1. The predicted octanol–water partition coefficient (Wildman–Crippen LogP) is 3.70. The van der Waals surface area contributed by atoms with E-state index < -0.39 is 0 Å². The summed E-state index contributed by atoms with van der Waals surface area (Å²) in [5.41, 5.74) is 8.56. The standard InChI is InChI=1S/C18H17N3O/c1-13-20-16(14-7-3-2-4-8-14)11-18(21-13)22-17-10-6-5-9-15(17)12-19/h2-11H,12,19H2,1H3. The van der Waals surface area contributed by atoms with Gasteiger partial charge in [0.15, 0.2) is 0 Å². The third-order valence-electron chi connectivity index (χ3n) is 3.29. The average molecular weight is 291 g/mol. The number of para-hydroxylation sites is 1. The summed E-state index contributed by atoms with van der Waals surface area (Å²) in [5.74, 6) is 1.91. The van der Waals surface area contributed by atoms with Gasteiger partial charge in [0.25, 0.3) is 0 Å². The second kappa shape index (κ2) is 6.37. The Bertz CT molecular complexity index is 772. The Morgan fingerprint density at radius 2 is 1.68 bits per heavy atom. The van der Waals surface area contributed by atoms with Crippen LogP contribution in [0.2, 0.25) is 0 Å². The quantitative estimate of drug-likeness (QED) is 0.796. The van der Waals surface area contributed by atoms with E-state index in [1.807, 2.05) is 67.6 Å². The highest BCUT2D eigenvalue weighted by molar-refractivity contribution is 5.60. The highest BCUT2D eigenvalue weighted by Crippen LogP contribution is 2.26. The van der Waals surface area contributed by atoms with Crippen LogP contribution in [-0.4, -0.2) is 9.97 Å². The van der Waals surface area contributed by atoms with Crippen molar-refractivity contribution in [3.63, 3.8) is 0 Å². The summed E-state index contributed by atoms with van der Waals surface area (Å²) in [6.45, 7) is 2.28. The van der Waals surface area contributed by atoms with Crippen molar-refractivity contribution in [1.82, 2.24) is 9.97 Å². The summed E-state index contributed by atoms with van der Waals surface area (Å²) < 4.78 is 5.91. The summed E-state index contributed by atoms with van der Waals surface area (Å²) in [6, 6.07) is 19.5. The number of hydrogen-bond acceptors (Lipinski definition) is 4. The maximum atomic E-state index is 5.91. The third kappa shape index (κ3) is 3.13. The van der Waals surface area contributed by atoms with Crippen molar-refractivity contribution in [3.8, 4) is 22.9 Å². The number of rotatable bonds is 4. The number of benzene rings is 2.